The first kappa shape index (κ1) is 9.96. The van der Waals surface area contributed by atoms with E-state index < -0.39 is 0 Å². The van der Waals surface area contributed by atoms with Crippen molar-refractivity contribution in [3.05, 3.63) is 0 Å². The van der Waals surface area contributed by atoms with Crippen LogP contribution in [-0.4, -0.2) is 44.3 Å². The van der Waals surface area contributed by atoms with Crippen molar-refractivity contribution in [1.82, 2.24) is 4.90 Å². The zero-order valence-electron chi connectivity index (χ0n) is 7.80. The summed E-state index contributed by atoms with van der Waals surface area (Å²) < 4.78 is 5.41. The van der Waals surface area contributed by atoms with Crippen LogP contribution in [0.1, 0.15) is 19.3 Å². The molecule has 0 unspecified atom stereocenters. The second-order valence-corrected chi connectivity index (χ2v) is 3.30. The molecule has 72 valence electrons. The molecule has 0 aliphatic carbocycles. The standard InChI is InChI=1S/C9H20N2O/c10-4-3-8-12-9-7-11-5-1-2-6-11/h1-10H2. The molecular weight excluding hydrogens is 152 g/mol. The molecule has 0 radical (unpaired) electrons. The van der Waals surface area contributed by atoms with Gasteiger partial charge < -0.3 is 15.4 Å². The summed E-state index contributed by atoms with van der Waals surface area (Å²) >= 11 is 0. The first-order valence-corrected chi connectivity index (χ1v) is 4.93. The third kappa shape index (κ3) is 4.04. The minimum absolute atomic E-state index is 0.740. The Hall–Kier alpha value is -0.120. The highest BCUT2D eigenvalue weighted by Gasteiger charge is 2.09. The number of hydrogen-bond donors (Lipinski definition) is 1. The molecule has 1 aliphatic rings. The zero-order chi connectivity index (χ0) is 8.65. The SMILES string of the molecule is NCCCOCCN1CCCC1. The predicted octanol–water partition coefficient (Wildman–Crippen LogP) is 0.448. The number of ether oxygens (including phenoxy) is 1. The molecule has 0 amide bonds. The maximum Gasteiger partial charge on any atom is 0.0593 e. The van der Waals surface area contributed by atoms with Gasteiger partial charge >= 0.3 is 0 Å². The van der Waals surface area contributed by atoms with Gasteiger partial charge in [-0.15, -0.1) is 0 Å². The first-order chi connectivity index (χ1) is 5.93. The van der Waals surface area contributed by atoms with E-state index in [0.717, 1.165) is 32.7 Å². The fourth-order valence-corrected chi connectivity index (χ4v) is 1.49. The van der Waals surface area contributed by atoms with Crippen molar-refractivity contribution >= 4 is 0 Å². The summed E-state index contributed by atoms with van der Waals surface area (Å²) in [7, 11) is 0. The topological polar surface area (TPSA) is 38.5 Å². The summed E-state index contributed by atoms with van der Waals surface area (Å²) in [5.74, 6) is 0. The molecule has 3 heteroatoms. The number of hydrogen-bond acceptors (Lipinski definition) is 3. The molecule has 1 aliphatic heterocycles. The number of nitrogens with two attached hydrogens (primary N) is 1. The lowest BCUT2D eigenvalue weighted by Gasteiger charge is -2.13. The van der Waals surface area contributed by atoms with Gasteiger partial charge in [-0.2, -0.15) is 0 Å². The molecule has 2 N–H and O–H groups in total. The predicted molar refractivity (Wildman–Crippen MR) is 50.2 cm³/mol. The summed E-state index contributed by atoms with van der Waals surface area (Å²) in [6.07, 6.45) is 3.71. The molecule has 0 aromatic rings. The summed E-state index contributed by atoms with van der Waals surface area (Å²) in [6, 6.07) is 0. The van der Waals surface area contributed by atoms with E-state index >= 15 is 0 Å². The fraction of sp³-hybridized carbons (Fsp3) is 1.00. The molecule has 0 aromatic carbocycles. The van der Waals surface area contributed by atoms with E-state index in [2.05, 4.69) is 4.90 Å². The Labute approximate surface area is 74.9 Å². The van der Waals surface area contributed by atoms with E-state index in [1.54, 1.807) is 0 Å². The maximum atomic E-state index is 5.41. The van der Waals surface area contributed by atoms with E-state index in [1.165, 1.54) is 25.9 Å². The molecule has 0 bridgehead atoms. The monoisotopic (exact) mass is 172 g/mol. The lowest BCUT2D eigenvalue weighted by molar-refractivity contribution is 0.110. The highest BCUT2D eigenvalue weighted by atomic mass is 16.5. The normalized spacial score (nSPS) is 18.8. The van der Waals surface area contributed by atoms with Crippen LogP contribution >= 0.6 is 0 Å². The first-order valence-electron chi connectivity index (χ1n) is 4.93. The summed E-state index contributed by atoms with van der Waals surface area (Å²) in [4.78, 5) is 2.46. The number of likely N-dealkylation sites (tertiary alicyclic amines) is 1. The van der Waals surface area contributed by atoms with Crippen LogP contribution in [0.25, 0.3) is 0 Å². The molecule has 0 saturated carbocycles. The average molecular weight is 172 g/mol. The van der Waals surface area contributed by atoms with E-state index in [4.69, 9.17) is 10.5 Å². The Balaban J connectivity index is 1.81. The van der Waals surface area contributed by atoms with Gasteiger partial charge in [0.05, 0.1) is 6.61 Å². The lowest BCUT2D eigenvalue weighted by atomic mass is 10.4. The van der Waals surface area contributed by atoms with Gasteiger partial charge in [-0.3, -0.25) is 0 Å². The van der Waals surface area contributed by atoms with Crippen molar-refractivity contribution in [2.75, 3.05) is 39.4 Å². The Morgan fingerprint density at radius 3 is 2.58 bits per heavy atom. The van der Waals surface area contributed by atoms with Crippen LogP contribution in [0.4, 0.5) is 0 Å². The van der Waals surface area contributed by atoms with Crippen molar-refractivity contribution in [3.8, 4) is 0 Å². The minimum atomic E-state index is 0.740. The van der Waals surface area contributed by atoms with Crippen LogP contribution in [0, 0.1) is 0 Å². The highest BCUT2D eigenvalue weighted by molar-refractivity contribution is 4.64. The van der Waals surface area contributed by atoms with Crippen LogP contribution in [-0.2, 0) is 4.74 Å². The largest absolute Gasteiger partial charge is 0.380 e. The third-order valence-corrected chi connectivity index (χ3v) is 2.24. The summed E-state index contributed by atoms with van der Waals surface area (Å²) in [6.45, 7) is 6.07. The number of rotatable bonds is 6. The van der Waals surface area contributed by atoms with Crippen molar-refractivity contribution in [2.24, 2.45) is 5.73 Å². The molecule has 0 atom stereocenters. The molecular formula is C9H20N2O. The summed E-state index contributed by atoms with van der Waals surface area (Å²) in [5, 5.41) is 0. The van der Waals surface area contributed by atoms with Crippen LogP contribution in [0.15, 0.2) is 0 Å². The van der Waals surface area contributed by atoms with Gasteiger partial charge in [-0.25, -0.2) is 0 Å². The van der Waals surface area contributed by atoms with E-state index in [-0.39, 0.29) is 0 Å². The van der Waals surface area contributed by atoms with Gasteiger partial charge in [-0.05, 0) is 38.9 Å². The highest BCUT2D eigenvalue weighted by Crippen LogP contribution is 2.05. The average Bonchev–Trinajstić information content (AvgIpc) is 2.57. The van der Waals surface area contributed by atoms with E-state index in [1.807, 2.05) is 0 Å². The second kappa shape index (κ2) is 6.40. The van der Waals surface area contributed by atoms with Gasteiger partial charge in [0, 0.05) is 13.2 Å². The molecule has 0 spiro atoms. The van der Waals surface area contributed by atoms with Crippen molar-refractivity contribution in [3.63, 3.8) is 0 Å². The third-order valence-electron chi connectivity index (χ3n) is 2.24. The van der Waals surface area contributed by atoms with Crippen molar-refractivity contribution < 1.29 is 4.74 Å². The Morgan fingerprint density at radius 2 is 1.92 bits per heavy atom. The molecule has 3 nitrogen and oxygen atoms in total. The Kier molecular flexibility index (Phi) is 5.32. The van der Waals surface area contributed by atoms with Gasteiger partial charge in [0.15, 0.2) is 0 Å². The fourth-order valence-electron chi connectivity index (χ4n) is 1.49. The molecule has 12 heavy (non-hydrogen) atoms. The Bertz CT molecular complexity index is 103. The number of nitrogens with zero attached hydrogens (tertiary/aromatic N) is 1. The summed E-state index contributed by atoms with van der Waals surface area (Å²) in [5.41, 5.74) is 5.34. The Morgan fingerprint density at radius 1 is 1.17 bits per heavy atom. The van der Waals surface area contributed by atoms with Gasteiger partial charge in [0.25, 0.3) is 0 Å². The minimum Gasteiger partial charge on any atom is -0.380 e. The van der Waals surface area contributed by atoms with Crippen molar-refractivity contribution in [1.29, 1.82) is 0 Å². The van der Waals surface area contributed by atoms with Gasteiger partial charge in [0.2, 0.25) is 0 Å². The molecule has 1 saturated heterocycles. The van der Waals surface area contributed by atoms with E-state index in [9.17, 15) is 0 Å². The molecule has 1 heterocycles. The molecule has 0 aromatic heterocycles. The van der Waals surface area contributed by atoms with Crippen LogP contribution in [0.2, 0.25) is 0 Å². The lowest BCUT2D eigenvalue weighted by Crippen LogP contribution is -2.24. The van der Waals surface area contributed by atoms with Crippen LogP contribution in [0.5, 0.6) is 0 Å². The quantitative estimate of drug-likeness (QED) is 0.591. The second-order valence-electron chi connectivity index (χ2n) is 3.30. The molecule has 1 rings (SSSR count). The van der Waals surface area contributed by atoms with Crippen LogP contribution in [0.3, 0.4) is 0 Å². The maximum absolute atomic E-state index is 5.41. The van der Waals surface area contributed by atoms with Gasteiger partial charge in [-0.1, -0.05) is 0 Å². The smallest absolute Gasteiger partial charge is 0.0593 e. The van der Waals surface area contributed by atoms with Gasteiger partial charge in [0.1, 0.15) is 0 Å². The molecule has 1 fully saturated rings. The van der Waals surface area contributed by atoms with E-state index in [0.29, 0.717) is 0 Å². The zero-order valence-corrected chi connectivity index (χ0v) is 7.80. The van der Waals surface area contributed by atoms with Crippen molar-refractivity contribution in [2.45, 2.75) is 19.3 Å². The van der Waals surface area contributed by atoms with Crippen LogP contribution < -0.4 is 5.73 Å².